The maximum Gasteiger partial charge on any atom is 0.251 e. The van der Waals surface area contributed by atoms with Crippen molar-refractivity contribution in [3.63, 3.8) is 0 Å². The number of ketones is 1. The third kappa shape index (κ3) is 3.57. The summed E-state index contributed by atoms with van der Waals surface area (Å²) in [6.45, 7) is 3.06. The molecule has 2 saturated heterocycles. The van der Waals surface area contributed by atoms with Crippen molar-refractivity contribution in [3.8, 4) is 0 Å². The minimum absolute atomic E-state index is 0.0993. The number of aryl methyl sites for hydroxylation is 1. The standard InChI is InChI=1S/C22H30N2O2/c1-15(25)14-24-18-9-10-19(24)12-16(11-18)13-23-22(26)21-8-4-6-17-5-2-3-7-20(17)21/h4,6,8,16,18-19H,2-3,5,7,9-14H2,1H3,(H,23,26)/t16?,18-,19?/m0/s1. The van der Waals surface area contributed by atoms with Crippen molar-refractivity contribution < 1.29 is 9.59 Å². The van der Waals surface area contributed by atoms with Crippen molar-refractivity contribution in [1.82, 2.24) is 10.2 Å². The second kappa shape index (κ2) is 7.51. The van der Waals surface area contributed by atoms with Gasteiger partial charge in [0.1, 0.15) is 5.78 Å². The SMILES string of the molecule is CC(=O)CN1C2CC[C@H]1CC(CNC(=O)c1cccc3c1CCCC3)C2. The van der Waals surface area contributed by atoms with Crippen molar-refractivity contribution in [2.75, 3.05) is 13.1 Å². The lowest BCUT2D eigenvalue weighted by Gasteiger charge is -2.38. The van der Waals surface area contributed by atoms with Gasteiger partial charge in [0.2, 0.25) is 0 Å². The van der Waals surface area contributed by atoms with E-state index in [4.69, 9.17) is 0 Å². The summed E-state index contributed by atoms with van der Waals surface area (Å²) in [7, 11) is 0. The second-order valence-corrected chi connectivity index (χ2v) is 8.46. The van der Waals surface area contributed by atoms with Gasteiger partial charge in [0.25, 0.3) is 5.91 Å². The van der Waals surface area contributed by atoms with Crippen molar-refractivity contribution in [3.05, 3.63) is 34.9 Å². The van der Waals surface area contributed by atoms with Crippen LogP contribution >= 0.6 is 0 Å². The highest BCUT2D eigenvalue weighted by Gasteiger charge is 2.40. The van der Waals surface area contributed by atoms with E-state index in [0.29, 0.717) is 24.5 Å². The second-order valence-electron chi connectivity index (χ2n) is 8.46. The van der Waals surface area contributed by atoms with E-state index < -0.39 is 0 Å². The number of amides is 1. The molecule has 3 aliphatic rings. The molecular formula is C22H30N2O2. The first-order chi connectivity index (χ1) is 12.6. The van der Waals surface area contributed by atoms with Gasteiger partial charge in [-0.2, -0.15) is 0 Å². The van der Waals surface area contributed by atoms with Gasteiger partial charge in [0.05, 0.1) is 6.54 Å². The number of carbonyl (C=O) groups is 2. The molecule has 2 unspecified atom stereocenters. The predicted octanol–water partition coefficient (Wildman–Crippen LogP) is 3.13. The average Bonchev–Trinajstić information content (AvgIpc) is 2.87. The normalized spacial score (nSPS) is 27.8. The van der Waals surface area contributed by atoms with E-state index in [1.165, 1.54) is 36.8 Å². The third-order valence-corrected chi connectivity index (χ3v) is 6.58. The van der Waals surface area contributed by atoms with Crippen LogP contribution in [-0.4, -0.2) is 41.8 Å². The van der Waals surface area contributed by atoms with Crippen LogP contribution in [-0.2, 0) is 17.6 Å². The van der Waals surface area contributed by atoms with E-state index in [9.17, 15) is 9.59 Å². The molecule has 2 fully saturated rings. The summed E-state index contributed by atoms with van der Waals surface area (Å²) in [6, 6.07) is 7.25. The number of Topliss-reactive ketones (excluding diaryl/α,β-unsaturated/α-hetero) is 1. The molecule has 2 heterocycles. The number of hydrogen-bond donors (Lipinski definition) is 1. The molecule has 4 heteroatoms. The number of nitrogens with one attached hydrogen (secondary N) is 1. The third-order valence-electron chi connectivity index (χ3n) is 6.58. The van der Waals surface area contributed by atoms with E-state index in [0.717, 1.165) is 37.8 Å². The van der Waals surface area contributed by atoms with Crippen LogP contribution in [0, 0.1) is 5.92 Å². The zero-order valence-corrected chi connectivity index (χ0v) is 15.8. The van der Waals surface area contributed by atoms with Gasteiger partial charge in [-0.3, -0.25) is 14.5 Å². The van der Waals surface area contributed by atoms with Gasteiger partial charge in [-0.1, -0.05) is 12.1 Å². The first-order valence-electron chi connectivity index (χ1n) is 10.3. The molecule has 1 amide bonds. The molecule has 1 aliphatic carbocycles. The Balaban J connectivity index is 1.36. The van der Waals surface area contributed by atoms with E-state index in [2.05, 4.69) is 16.3 Å². The molecule has 140 valence electrons. The van der Waals surface area contributed by atoms with Crippen LogP contribution in [0.1, 0.15) is 66.9 Å². The molecule has 4 nitrogen and oxygen atoms in total. The first kappa shape index (κ1) is 17.7. The summed E-state index contributed by atoms with van der Waals surface area (Å²) in [5, 5.41) is 3.22. The fraction of sp³-hybridized carbons (Fsp3) is 0.636. The van der Waals surface area contributed by atoms with E-state index in [1.54, 1.807) is 6.92 Å². The highest BCUT2D eigenvalue weighted by atomic mass is 16.1. The highest BCUT2D eigenvalue weighted by molar-refractivity contribution is 5.96. The summed E-state index contributed by atoms with van der Waals surface area (Å²) in [5.74, 6) is 0.906. The zero-order chi connectivity index (χ0) is 18.1. The molecule has 4 rings (SSSR count). The Morgan fingerprint density at radius 2 is 1.85 bits per heavy atom. The molecule has 2 aliphatic heterocycles. The Labute approximate surface area is 156 Å². The van der Waals surface area contributed by atoms with Gasteiger partial charge in [0.15, 0.2) is 0 Å². The quantitative estimate of drug-likeness (QED) is 0.884. The smallest absolute Gasteiger partial charge is 0.251 e. The van der Waals surface area contributed by atoms with Crippen molar-refractivity contribution in [2.24, 2.45) is 5.92 Å². The van der Waals surface area contributed by atoms with Gasteiger partial charge in [-0.15, -0.1) is 0 Å². The Morgan fingerprint density at radius 3 is 2.58 bits per heavy atom. The Kier molecular flexibility index (Phi) is 5.12. The summed E-state index contributed by atoms with van der Waals surface area (Å²) in [5.41, 5.74) is 3.52. The molecule has 3 atom stereocenters. The van der Waals surface area contributed by atoms with Gasteiger partial charge in [0, 0.05) is 24.2 Å². The maximum atomic E-state index is 12.8. The van der Waals surface area contributed by atoms with E-state index in [-0.39, 0.29) is 11.7 Å². The van der Waals surface area contributed by atoms with Crippen LogP contribution in [0.15, 0.2) is 18.2 Å². The lowest BCUT2D eigenvalue weighted by atomic mass is 9.87. The summed E-state index contributed by atoms with van der Waals surface area (Å²) in [4.78, 5) is 26.7. The average molecular weight is 354 g/mol. The number of rotatable bonds is 5. The lowest BCUT2D eigenvalue weighted by molar-refractivity contribution is -0.119. The van der Waals surface area contributed by atoms with Crippen molar-refractivity contribution >= 4 is 11.7 Å². The number of carbonyl (C=O) groups excluding carboxylic acids is 2. The summed E-state index contributed by atoms with van der Waals surface area (Å²) in [6.07, 6.45) is 9.19. The number of nitrogens with zero attached hydrogens (tertiary/aromatic N) is 1. The van der Waals surface area contributed by atoms with Crippen molar-refractivity contribution in [1.29, 1.82) is 0 Å². The monoisotopic (exact) mass is 354 g/mol. The minimum atomic E-state index is 0.0993. The van der Waals surface area contributed by atoms with Crippen LogP contribution in [0.25, 0.3) is 0 Å². The molecule has 1 aromatic rings. The topological polar surface area (TPSA) is 49.4 Å². The molecule has 0 radical (unpaired) electrons. The largest absolute Gasteiger partial charge is 0.352 e. The van der Waals surface area contributed by atoms with E-state index >= 15 is 0 Å². The fourth-order valence-electron chi connectivity index (χ4n) is 5.40. The number of hydrogen-bond acceptors (Lipinski definition) is 3. The Hall–Kier alpha value is -1.68. The molecule has 0 aromatic heterocycles. The summed E-state index contributed by atoms with van der Waals surface area (Å²) < 4.78 is 0. The molecule has 0 spiro atoms. The first-order valence-corrected chi connectivity index (χ1v) is 10.3. The van der Waals surface area contributed by atoms with Gasteiger partial charge in [-0.05, 0) is 81.4 Å². The van der Waals surface area contributed by atoms with Crippen LogP contribution in [0.4, 0.5) is 0 Å². The van der Waals surface area contributed by atoms with Gasteiger partial charge in [-0.25, -0.2) is 0 Å². The lowest BCUT2D eigenvalue weighted by Crippen LogP contribution is -2.47. The number of benzene rings is 1. The highest BCUT2D eigenvalue weighted by Crippen LogP contribution is 2.38. The van der Waals surface area contributed by atoms with Crippen molar-refractivity contribution in [2.45, 2.75) is 70.4 Å². The van der Waals surface area contributed by atoms with Crippen LogP contribution in [0.5, 0.6) is 0 Å². The number of fused-ring (bicyclic) bond motifs is 3. The number of piperidine rings is 1. The van der Waals surface area contributed by atoms with Gasteiger partial charge < -0.3 is 5.32 Å². The molecule has 0 saturated carbocycles. The Morgan fingerprint density at radius 1 is 1.12 bits per heavy atom. The van der Waals surface area contributed by atoms with Crippen LogP contribution in [0.3, 0.4) is 0 Å². The zero-order valence-electron chi connectivity index (χ0n) is 15.8. The maximum absolute atomic E-state index is 12.8. The molecule has 1 N–H and O–H groups in total. The molecule has 2 bridgehead atoms. The van der Waals surface area contributed by atoms with Crippen LogP contribution < -0.4 is 5.32 Å². The molecule has 26 heavy (non-hydrogen) atoms. The van der Waals surface area contributed by atoms with E-state index in [1.807, 2.05) is 12.1 Å². The fourth-order valence-corrected chi connectivity index (χ4v) is 5.40. The molecule has 1 aromatic carbocycles. The summed E-state index contributed by atoms with van der Waals surface area (Å²) >= 11 is 0. The van der Waals surface area contributed by atoms with Gasteiger partial charge >= 0.3 is 0 Å². The minimum Gasteiger partial charge on any atom is -0.352 e. The Bertz CT molecular complexity index is 685. The molecular weight excluding hydrogens is 324 g/mol. The predicted molar refractivity (Wildman–Crippen MR) is 102 cm³/mol. The van der Waals surface area contributed by atoms with Crippen LogP contribution in [0.2, 0.25) is 0 Å².